The Hall–Kier alpha value is -1.80. The fourth-order valence-electron chi connectivity index (χ4n) is 2.74. The number of carbonyl (C=O) groups excluding carboxylic acids is 1. The van der Waals surface area contributed by atoms with E-state index >= 15 is 0 Å². The van der Waals surface area contributed by atoms with E-state index < -0.39 is 12.0 Å². The van der Waals surface area contributed by atoms with Crippen molar-refractivity contribution in [3.63, 3.8) is 0 Å². The molecule has 0 unspecified atom stereocenters. The average molecular weight is 413 g/mol. The topological polar surface area (TPSA) is 68.8 Å². The van der Waals surface area contributed by atoms with Gasteiger partial charge in [0.2, 0.25) is 0 Å². The molecule has 2 aliphatic rings. The largest absolute Gasteiger partial charge is 0.490 e. The molecule has 0 saturated heterocycles. The molecule has 0 saturated carbocycles. The van der Waals surface area contributed by atoms with Crippen molar-refractivity contribution in [2.75, 3.05) is 20.3 Å². The van der Waals surface area contributed by atoms with Gasteiger partial charge in [0.05, 0.1) is 36.4 Å². The van der Waals surface area contributed by atoms with Gasteiger partial charge in [-0.25, -0.2) is 4.79 Å². The zero-order valence-electron chi connectivity index (χ0n) is 13.3. The molecule has 6 nitrogen and oxygen atoms in total. The van der Waals surface area contributed by atoms with Crippen molar-refractivity contribution in [2.45, 2.75) is 19.4 Å². The van der Waals surface area contributed by atoms with Crippen LogP contribution in [0.15, 0.2) is 27.9 Å². The number of rotatable bonds is 2. The van der Waals surface area contributed by atoms with Crippen LogP contribution < -0.4 is 20.1 Å². The summed E-state index contributed by atoms with van der Waals surface area (Å²) >= 11 is 8.76. The summed E-state index contributed by atoms with van der Waals surface area (Å²) in [4.78, 5) is 12.2. The molecule has 0 spiro atoms. The zero-order valence-corrected chi connectivity index (χ0v) is 15.7. The SMILES string of the molecule is COC(=O)C1=C(C)NC(=S)N[C@@H]1c1cc(Br)c2c(c1)OCCCO2. The van der Waals surface area contributed by atoms with Crippen LogP contribution in [0, 0.1) is 0 Å². The monoisotopic (exact) mass is 412 g/mol. The Morgan fingerprint density at radius 1 is 1.38 bits per heavy atom. The standard InChI is InChI=1S/C16H17BrN2O4S/c1-8-12(15(20)21-2)13(19-16(24)18-8)9-6-10(17)14-11(7-9)22-4-3-5-23-14/h6-7,13H,3-5H2,1-2H3,(H2,18,19,24)/t13-/m1/s1. The molecular weight excluding hydrogens is 396 g/mol. The van der Waals surface area contributed by atoms with E-state index in [0.29, 0.717) is 41.1 Å². The maximum atomic E-state index is 12.2. The van der Waals surface area contributed by atoms with Crippen molar-refractivity contribution in [1.29, 1.82) is 0 Å². The van der Waals surface area contributed by atoms with Gasteiger partial charge in [0.15, 0.2) is 16.6 Å². The number of methoxy groups -OCH3 is 1. The van der Waals surface area contributed by atoms with Crippen LogP contribution in [0.1, 0.15) is 24.9 Å². The first-order valence-electron chi connectivity index (χ1n) is 7.47. The van der Waals surface area contributed by atoms with E-state index in [2.05, 4.69) is 26.6 Å². The maximum Gasteiger partial charge on any atom is 0.337 e. The van der Waals surface area contributed by atoms with Gasteiger partial charge in [0.1, 0.15) is 0 Å². The van der Waals surface area contributed by atoms with E-state index in [1.165, 1.54) is 7.11 Å². The third kappa shape index (κ3) is 3.21. The molecule has 128 valence electrons. The van der Waals surface area contributed by atoms with E-state index in [4.69, 9.17) is 26.4 Å². The van der Waals surface area contributed by atoms with Crippen LogP contribution in [-0.4, -0.2) is 31.4 Å². The molecule has 2 aliphatic heterocycles. The number of carbonyl (C=O) groups is 1. The lowest BCUT2D eigenvalue weighted by Crippen LogP contribution is -2.45. The number of fused-ring (bicyclic) bond motifs is 1. The zero-order chi connectivity index (χ0) is 17.3. The highest BCUT2D eigenvalue weighted by Gasteiger charge is 2.32. The minimum absolute atomic E-state index is 0.414. The molecule has 2 heterocycles. The molecular formula is C16H17BrN2O4S. The van der Waals surface area contributed by atoms with Crippen LogP contribution in [0.5, 0.6) is 11.5 Å². The van der Waals surface area contributed by atoms with Crippen LogP contribution in [0.2, 0.25) is 0 Å². The number of hydrogen-bond donors (Lipinski definition) is 2. The summed E-state index contributed by atoms with van der Waals surface area (Å²) in [7, 11) is 1.36. The van der Waals surface area contributed by atoms with Gasteiger partial charge >= 0.3 is 5.97 Å². The Morgan fingerprint density at radius 3 is 2.88 bits per heavy atom. The van der Waals surface area contributed by atoms with Gasteiger partial charge in [-0.05, 0) is 52.8 Å². The van der Waals surface area contributed by atoms with Crippen LogP contribution >= 0.6 is 28.1 Å². The number of halogens is 1. The number of nitrogens with one attached hydrogen (secondary N) is 2. The molecule has 1 aromatic rings. The number of esters is 1. The predicted octanol–water partition coefficient (Wildman–Crippen LogP) is 2.58. The van der Waals surface area contributed by atoms with E-state index in [0.717, 1.165) is 16.5 Å². The van der Waals surface area contributed by atoms with Gasteiger partial charge in [-0.2, -0.15) is 0 Å². The normalized spacial score (nSPS) is 20.0. The van der Waals surface area contributed by atoms with Gasteiger partial charge < -0.3 is 24.8 Å². The molecule has 2 N–H and O–H groups in total. The summed E-state index contributed by atoms with van der Waals surface area (Å²) in [5.41, 5.74) is 1.97. The van der Waals surface area contributed by atoms with Crippen LogP contribution in [0.4, 0.5) is 0 Å². The summed E-state index contributed by atoms with van der Waals surface area (Å²) in [5.74, 6) is 0.904. The van der Waals surface area contributed by atoms with Gasteiger partial charge in [-0.1, -0.05) is 0 Å². The van der Waals surface area contributed by atoms with Crippen molar-refractivity contribution in [3.05, 3.63) is 33.4 Å². The van der Waals surface area contributed by atoms with Crippen LogP contribution in [0.25, 0.3) is 0 Å². The van der Waals surface area contributed by atoms with Gasteiger partial charge in [0, 0.05) is 12.1 Å². The highest BCUT2D eigenvalue weighted by atomic mass is 79.9. The molecule has 0 aliphatic carbocycles. The number of thiocarbonyl (C=S) groups is 1. The molecule has 3 rings (SSSR count). The molecule has 24 heavy (non-hydrogen) atoms. The number of allylic oxidation sites excluding steroid dienone is 1. The summed E-state index contributed by atoms with van der Waals surface area (Å²) in [6.45, 7) is 2.98. The first kappa shape index (κ1) is 17.0. The first-order valence-corrected chi connectivity index (χ1v) is 8.67. The quantitative estimate of drug-likeness (QED) is 0.571. The van der Waals surface area contributed by atoms with Gasteiger partial charge in [-0.15, -0.1) is 0 Å². The fraction of sp³-hybridized carbons (Fsp3) is 0.375. The lowest BCUT2D eigenvalue weighted by Gasteiger charge is -2.30. The second kappa shape index (κ2) is 6.98. The Kier molecular flexibility index (Phi) is 4.96. The molecule has 8 heteroatoms. The van der Waals surface area contributed by atoms with Crippen molar-refractivity contribution < 1.29 is 19.0 Å². The van der Waals surface area contributed by atoms with Crippen LogP contribution in [-0.2, 0) is 9.53 Å². The molecule has 1 atom stereocenters. The molecule has 0 amide bonds. The van der Waals surface area contributed by atoms with E-state index in [1.807, 2.05) is 12.1 Å². The van der Waals surface area contributed by atoms with Gasteiger partial charge in [-0.3, -0.25) is 0 Å². The smallest absolute Gasteiger partial charge is 0.337 e. The van der Waals surface area contributed by atoms with Crippen LogP contribution in [0.3, 0.4) is 0 Å². The third-order valence-corrected chi connectivity index (χ3v) is 4.64. The summed E-state index contributed by atoms with van der Waals surface area (Å²) in [5, 5.41) is 6.54. The van der Waals surface area contributed by atoms with E-state index in [9.17, 15) is 4.79 Å². The molecule has 0 fully saturated rings. The minimum Gasteiger partial charge on any atom is -0.490 e. The Bertz CT molecular complexity index is 735. The molecule has 0 aromatic heterocycles. The lowest BCUT2D eigenvalue weighted by atomic mass is 9.95. The van der Waals surface area contributed by atoms with Crippen molar-refractivity contribution in [2.24, 2.45) is 0 Å². The molecule has 0 bridgehead atoms. The first-order chi connectivity index (χ1) is 11.5. The minimum atomic E-state index is -0.431. The third-order valence-electron chi connectivity index (χ3n) is 3.83. The van der Waals surface area contributed by atoms with E-state index in [1.54, 1.807) is 6.92 Å². The number of ether oxygens (including phenoxy) is 3. The highest BCUT2D eigenvalue weighted by Crippen LogP contribution is 2.41. The predicted molar refractivity (Wildman–Crippen MR) is 96.1 cm³/mol. The summed E-state index contributed by atoms with van der Waals surface area (Å²) in [6, 6.07) is 3.34. The highest BCUT2D eigenvalue weighted by molar-refractivity contribution is 9.10. The Morgan fingerprint density at radius 2 is 2.12 bits per heavy atom. The maximum absolute atomic E-state index is 12.2. The lowest BCUT2D eigenvalue weighted by molar-refractivity contribution is -0.136. The second-order valence-corrected chi connectivity index (χ2v) is 6.70. The van der Waals surface area contributed by atoms with E-state index in [-0.39, 0.29) is 0 Å². The average Bonchev–Trinajstić information content (AvgIpc) is 2.79. The van der Waals surface area contributed by atoms with Crippen molar-refractivity contribution in [3.8, 4) is 11.5 Å². The Labute approximate surface area is 153 Å². The molecule has 0 radical (unpaired) electrons. The van der Waals surface area contributed by atoms with Crippen molar-refractivity contribution >= 4 is 39.2 Å². The Balaban J connectivity index is 2.07. The number of hydrogen-bond acceptors (Lipinski definition) is 5. The van der Waals surface area contributed by atoms with Crippen molar-refractivity contribution in [1.82, 2.24) is 10.6 Å². The number of benzene rings is 1. The van der Waals surface area contributed by atoms with Gasteiger partial charge in [0.25, 0.3) is 0 Å². The fourth-order valence-corrected chi connectivity index (χ4v) is 3.59. The second-order valence-electron chi connectivity index (χ2n) is 5.44. The summed E-state index contributed by atoms with van der Waals surface area (Å²) in [6.07, 6.45) is 0.818. The molecule has 1 aromatic carbocycles. The summed E-state index contributed by atoms with van der Waals surface area (Å²) < 4.78 is 17.2.